The first-order valence-electron chi connectivity index (χ1n) is 37.3. The Bertz CT molecular complexity index is 3290. The molecule has 4 amide bonds. The lowest BCUT2D eigenvalue weighted by atomic mass is 9.35. The predicted octanol–water partition coefficient (Wildman–Crippen LogP) is 1.98. The van der Waals surface area contributed by atoms with Crippen molar-refractivity contribution in [2.75, 3.05) is 59.3 Å². The van der Waals surface area contributed by atoms with Crippen LogP contribution in [0, 0.1) is 16.2 Å². The molecule has 4 bridgehead atoms. The van der Waals surface area contributed by atoms with Gasteiger partial charge in [-0.3, -0.25) is 71.9 Å². The molecule has 4 saturated carbocycles. The fraction of sp³-hybridized carbons (Fsp3) is 0.707. The van der Waals surface area contributed by atoms with E-state index in [1.165, 1.54) is 0 Å². The third-order valence-corrected chi connectivity index (χ3v) is 19.6. The molecular formula is C75H104N4O35. The van der Waals surface area contributed by atoms with Gasteiger partial charge in [-0.1, -0.05) is 30.3 Å². The highest BCUT2D eigenvalue weighted by Gasteiger charge is 2.68. The summed E-state index contributed by atoms with van der Waals surface area (Å²) < 4.78 is 107. The Morgan fingerprint density at radius 2 is 0.596 bits per heavy atom. The predicted molar refractivity (Wildman–Crippen MR) is 378 cm³/mol. The van der Waals surface area contributed by atoms with E-state index in [0.717, 1.165) is 83.1 Å². The first-order valence-corrected chi connectivity index (χ1v) is 37.3. The fourth-order valence-corrected chi connectivity index (χ4v) is 16.7. The average molecular weight is 1620 g/mol. The Morgan fingerprint density at radius 3 is 0.860 bits per heavy atom. The number of benzene rings is 1. The summed E-state index contributed by atoms with van der Waals surface area (Å²) in [6.45, 7) is 9.83. The van der Waals surface area contributed by atoms with E-state index < -0.39 is 229 Å². The zero-order valence-electron chi connectivity index (χ0n) is 65.9. The number of carbonyl (C=O) groups excluding carboxylic acids is 16. The lowest BCUT2D eigenvalue weighted by molar-refractivity contribution is -0.307. The molecule has 0 aromatic heterocycles. The number of amides is 4. The first-order chi connectivity index (χ1) is 53.8. The van der Waals surface area contributed by atoms with Gasteiger partial charge in [-0.2, -0.15) is 0 Å². The fourth-order valence-electron chi connectivity index (χ4n) is 16.7. The molecule has 1 aromatic rings. The molecule has 39 heteroatoms. The van der Waals surface area contributed by atoms with Crippen molar-refractivity contribution in [3.63, 3.8) is 0 Å². The quantitative estimate of drug-likeness (QED) is 0.0416. The lowest BCUT2D eigenvalue weighted by Gasteiger charge is -2.71. The number of nitrogens with one attached hydrogen (secondary N) is 4. The molecule has 8 rings (SSSR count). The maximum Gasteiger partial charge on any atom is 0.407 e. The van der Waals surface area contributed by atoms with Gasteiger partial charge >= 0.3 is 77.7 Å². The van der Waals surface area contributed by atoms with Crippen LogP contribution in [-0.4, -0.2) is 252 Å². The van der Waals surface area contributed by atoms with Crippen molar-refractivity contribution >= 4 is 95.4 Å². The Kier molecular flexibility index (Phi) is 33.8. The highest BCUT2D eigenvalue weighted by atomic mass is 16.8. The zero-order valence-corrected chi connectivity index (χ0v) is 65.9. The molecule has 3 heterocycles. The largest absolute Gasteiger partial charge is 0.463 e. The van der Waals surface area contributed by atoms with Crippen LogP contribution in [0.4, 0.5) is 4.79 Å². The molecule has 634 valence electrons. The third kappa shape index (κ3) is 27.8. The third-order valence-electron chi connectivity index (χ3n) is 19.6. The minimum absolute atomic E-state index is 0.100. The van der Waals surface area contributed by atoms with Gasteiger partial charge in [0.1, 0.15) is 44.7 Å². The van der Waals surface area contributed by atoms with Crippen LogP contribution in [-0.2, 0) is 169 Å². The van der Waals surface area contributed by atoms with Crippen LogP contribution in [0.1, 0.15) is 166 Å². The van der Waals surface area contributed by atoms with Gasteiger partial charge in [0.05, 0.1) is 19.8 Å². The highest BCUT2D eigenvalue weighted by molar-refractivity contribution is 5.78. The first kappa shape index (κ1) is 91.5. The van der Waals surface area contributed by atoms with Gasteiger partial charge in [0.25, 0.3) is 0 Å². The molecule has 114 heavy (non-hydrogen) atoms. The normalized spacial score (nSPS) is 29.7. The van der Waals surface area contributed by atoms with Gasteiger partial charge in [0, 0.05) is 128 Å². The van der Waals surface area contributed by atoms with Crippen LogP contribution in [0.5, 0.6) is 0 Å². The zero-order chi connectivity index (χ0) is 83.8. The van der Waals surface area contributed by atoms with E-state index in [2.05, 4.69) is 21.3 Å². The maximum atomic E-state index is 14.4. The van der Waals surface area contributed by atoms with Crippen LogP contribution in [0.3, 0.4) is 0 Å². The Hall–Kier alpha value is -9.70. The summed E-state index contributed by atoms with van der Waals surface area (Å²) >= 11 is 0. The monoisotopic (exact) mass is 1620 g/mol. The minimum Gasteiger partial charge on any atom is -0.463 e. The van der Waals surface area contributed by atoms with Gasteiger partial charge < -0.3 is 111 Å². The van der Waals surface area contributed by atoms with E-state index in [4.69, 9.17) is 90.0 Å². The summed E-state index contributed by atoms with van der Waals surface area (Å²) in [7, 11) is 0. The molecule has 7 fully saturated rings. The van der Waals surface area contributed by atoms with Gasteiger partial charge in [0.15, 0.2) is 73.8 Å². The molecule has 0 spiro atoms. The number of carbonyl (C=O) groups is 16. The van der Waals surface area contributed by atoms with Crippen molar-refractivity contribution in [2.45, 2.75) is 264 Å². The average Bonchev–Trinajstić information content (AvgIpc) is 0.684. The standard InChI is InChI=1S/C75H104N4O35/c1-40(80)99-31-53-59(103-43(4)83)62(106-46(7)86)65(109-49(10)89)68(112-53)96-27-24-76-56(92)18-21-72-34-73(22-19-57(93)77-25-28-97-69-66(110-50(11)90)63(107-47(8)87)60(104-44(5)84)54(113-69)32-100-41(2)81)36-74(35-72,39-75(37-72,38-73)79-71(95)102-30-52-16-14-13-15-17-52)23-20-58(94)78-26-29-98-70-67(111-51(12)91)64(108-48(9)88)61(105-45(6)85)55(114-70)33-101-42(3)82/h13-17,53-55,59-70H,18-39H2,1-12H3,(H,76,92)(H,77,93)(H,78,94)(H,79,95)/t53-,54-,55-,59-,60-,61-,62+,63+,64+,65-,66-,67-,68-,69-,70-,72?,73?,74?,75?/m1/s1. The molecule has 4 aliphatic carbocycles. The van der Waals surface area contributed by atoms with E-state index in [0.29, 0.717) is 44.1 Å². The van der Waals surface area contributed by atoms with Gasteiger partial charge in [0.2, 0.25) is 17.7 Å². The molecule has 3 saturated heterocycles. The number of hydrogen-bond donors (Lipinski definition) is 4. The Labute approximate surface area is 657 Å². The second-order valence-electron chi connectivity index (χ2n) is 29.4. The van der Waals surface area contributed by atoms with Crippen molar-refractivity contribution < 1.29 is 167 Å². The topological polar surface area (TPSA) is 497 Å². The smallest absolute Gasteiger partial charge is 0.407 e. The number of esters is 12. The van der Waals surface area contributed by atoms with E-state index in [9.17, 15) is 76.7 Å². The van der Waals surface area contributed by atoms with Crippen LogP contribution in [0.2, 0.25) is 0 Å². The molecule has 0 radical (unpaired) electrons. The molecule has 15 atom stereocenters. The van der Waals surface area contributed by atoms with E-state index in [1.54, 1.807) is 30.3 Å². The van der Waals surface area contributed by atoms with Crippen molar-refractivity contribution in [1.82, 2.24) is 21.3 Å². The Balaban J connectivity index is 1.13. The van der Waals surface area contributed by atoms with E-state index in [1.807, 2.05) is 0 Å². The summed E-state index contributed by atoms with van der Waals surface area (Å²) in [5.41, 5.74) is -2.73. The summed E-state index contributed by atoms with van der Waals surface area (Å²) in [4.78, 5) is 205. The number of hydrogen-bond acceptors (Lipinski definition) is 35. The molecule has 4 N–H and O–H groups in total. The summed E-state index contributed by atoms with van der Waals surface area (Å²) in [6, 6.07) is 8.94. The van der Waals surface area contributed by atoms with Crippen molar-refractivity contribution in [3.05, 3.63) is 35.9 Å². The molecular weight excluding hydrogens is 1520 g/mol. The lowest BCUT2D eigenvalue weighted by Crippen LogP contribution is -2.69. The number of ether oxygens (including phenoxy) is 19. The highest BCUT2D eigenvalue weighted by Crippen LogP contribution is 2.74. The van der Waals surface area contributed by atoms with Crippen LogP contribution >= 0.6 is 0 Å². The van der Waals surface area contributed by atoms with Gasteiger partial charge in [-0.25, -0.2) is 4.79 Å². The van der Waals surface area contributed by atoms with Crippen LogP contribution in [0.25, 0.3) is 0 Å². The maximum absolute atomic E-state index is 14.4. The Morgan fingerprint density at radius 1 is 0.333 bits per heavy atom. The van der Waals surface area contributed by atoms with E-state index in [-0.39, 0.29) is 84.6 Å². The van der Waals surface area contributed by atoms with Crippen molar-refractivity contribution in [3.8, 4) is 0 Å². The van der Waals surface area contributed by atoms with Crippen molar-refractivity contribution in [2.24, 2.45) is 16.2 Å². The summed E-state index contributed by atoms with van der Waals surface area (Å²) in [5.74, 6) is -11.3. The second kappa shape index (κ2) is 42.1. The number of alkyl carbamates (subject to hydrolysis) is 1. The molecule has 3 aliphatic heterocycles. The van der Waals surface area contributed by atoms with Crippen molar-refractivity contribution in [1.29, 1.82) is 0 Å². The van der Waals surface area contributed by atoms with Crippen LogP contribution in [0.15, 0.2) is 30.3 Å². The molecule has 1 aromatic carbocycles. The van der Waals surface area contributed by atoms with E-state index >= 15 is 0 Å². The van der Waals surface area contributed by atoms with Gasteiger partial charge in [-0.05, 0) is 79.6 Å². The molecule has 39 nitrogen and oxygen atoms in total. The SMILES string of the molecule is CC(=O)OC[C@H]1O[C@@H](OCCNC(=O)CCC23CC4(CCC(=O)NCCO[C@@H]5O[C@H](COC(C)=O)[C@@H](OC(C)=O)[C@H](OC(C)=O)[C@H]5OC(C)=O)CC(CCC(=O)NCCO[C@@H]5O[C@H](COC(C)=O)[C@@H](OC(C)=O)[C@H](OC(C)=O)[C@H]5OC(C)=O)(C2)CC(NC(=O)OCc2ccccc2)(C3)C4)[C@H](OC(C)=O)[C@@H](OC(C)=O)[C@@H]1OC(C)=O. The summed E-state index contributed by atoms with van der Waals surface area (Å²) in [5, 5.41) is 11.8. The summed E-state index contributed by atoms with van der Waals surface area (Å²) in [6.07, 6.45) is -20.3. The number of rotatable bonds is 39. The molecule has 7 aliphatic rings. The van der Waals surface area contributed by atoms with Gasteiger partial charge in [-0.15, -0.1) is 0 Å². The van der Waals surface area contributed by atoms with Crippen LogP contribution < -0.4 is 21.3 Å². The molecule has 0 unspecified atom stereocenters. The second-order valence-corrected chi connectivity index (χ2v) is 29.4. The minimum atomic E-state index is -1.55.